The molecule has 1 aliphatic heterocycles. The van der Waals surface area contributed by atoms with Crippen molar-refractivity contribution in [2.24, 2.45) is 5.92 Å². The molecule has 1 amide bonds. The minimum atomic E-state index is -0.498. The number of hydrogen-bond acceptors (Lipinski definition) is 4. The van der Waals surface area contributed by atoms with E-state index in [0.717, 1.165) is 12.8 Å². The molecule has 1 aromatic rings. The molecule has 2 N–H and O–H groups in total. The standard InChI is InChI=1S/C17H25NO3S/c1-17(2,3)21-16(20)18-10-12(11-19)8-14-9-13-6-4-5-7-15(13)22-14/h4-7,12,14,19H,8-11H2,1-3H3,(H,18,20). The quantitative estimate of drug-likeness (QED) is 0.873. The molecule has 2 rings (SSSR count). The van der Waals surface area contributed by atoms with Crippen LogP contribution in [0.4, 0.5) is 4.79 Å². The van der Waals surface area contributed by atoms with Gasteiger partial charge < -0.3 is 15.2 Å². The van der Waals surface area contributed by atoms with Crippen molar-refractivity contribution < 1.29 is 14.6 Å². The van der Waals surface area contributed by atoms with Crippen molar-refractivity contribution >= 4 is 17.9 Å². The van der Waals surface area contributed by atoms with Crippen LogP contribution >= 0.6 is 11.8 Å². The average molecular weight is 323 g/mol. The van der Waals surface area contributed by atoms with Gasteiger partial charge in [0.25, 0.3) is 0 Å². The maximum Gasteiger partial charge on any atom is 0.407 e. The molecule has 1 aromatic carbocycles. The van der Waals surface area contributed by atoms with Crippen LogP contribution in [0.15, 0.2) is 29.2 Å². The van der Waals surface area contributed by atoms with Crippen molar-refractivity contribution in [2.75, 3.05) is 13.2 Å². The fourth-order valence-electron chi connectivity index (χ4n) is 2.52. The Morgan fingerprint density at radius 3 is 2.82 bits per heavy atom. The second-order valence-electron chi connectivity index (χ2n) is 6.72. The summed E-state index contributed by atoms with van der Waals surface area (Å²) in [6.45, 7) is 6.02. The minimum Gasteiger partial charge on any atom is -0.444 e. The van der Waals surface area contributed by atoms with Crippen molar-refractivity contribution in [1.29, 1.82) is 0 Å². The van der Waals surface area contributed by atoms with Gasteiger partial charge in [0.05, 0.1) is 0 Å². The number of hydrogen-bond donors (Lipinski definition) is 2. The fourth-order valence-corrected chi connectivity index (χ4v) is 3.97. The summed E-state index contributed by atoms with van der Waals surface area (Å²) in [5.74, 6) is 0.0549. The molecule has 0 fully saturated rings. The fraction of sp³-hybridized carbons (Fsp3) is 0.588. The number of nitrogens with one attached hydrogen (secondary N) is 1. The lowest BCUT2D eigenvalue weighted by Crippen LogP contribution is -2.36. The maximum absolute atomic E-state index is 11.7. The number of aliphatic hydroxyl groups is 1. The molecule has 2 unspecified atom stereocenters. The number of benzene rings is 1. The lowest BCUT2D eigenvalue weighted by molar-refractivity contribution is 0.0511. The first kappa shape index (κ1) is 17.2. The Hall–Kier alpha value is -1.20. The van der Waals surface area contributed by atoms with Crippen molar-refractivity contribution in [3.05, 3.63) is 29.8 Å². The summed E-state index contributed by atoms with van der Waals surface area (Å²) >= 11 is 1.87. The first-order valence-corrected chi connectivity index (χ1v) is 8.57. The largest absolute Gasteiger partial charge is 0.444 e. The average Bonchev–Trinajstić information content (AvgIpc) is 2.83. The molecular formula is C17H25NO3S. The highest BCUT2D eigenvalue weighted by Crippen LogP contribution is 2.39. The molecule has 122 valence electrons. The first-order chi connectivity index (χ1) is 10.4. The topological polar surface area (TPSA) is 58.6 Å². The van der Waals surface area contributed by atoms with Crippen molar-refractivity contribution in [1.82, 2.24) is 5.32 Å². The van der Waals surface area contributed by atoms with Crippen LogP contribution in [0.5, 0.6) is 0 Å². The van der Waals surface area contributed by atoms with Gasteiger partial charge in [0, 0.05) is 29.2 Å². The number of carbonyl (C=O) groups is 1. The molecular weight excluding hydrogens is 298 g/mol. The van der Waals surface area contributed by atoms with Gasteiger partial charge in [-0.15, -0.1) is 11.8 Å². The molecule has 0 aliphatic carbocycles. The first-order valence-electron chi connectivity index (χ1n) is 7.69. The third kappa shape index (κ3) is 5.21. The van der Waals surface area contributed by atoms with Crippen LogP contribution in [-0.2, 0) is 11.2 Å². The molecule has 0 saturated carbocycles. The molecule has 0 saturated heterocycles. The third-order valence-corrected chi connectivity index (χ3v) is 4.85. The molecule has 22 heavy (non-hydrogen) atoms. The smallest absolute Gasteiger partial charge is 0.407 e. The van der Waals surface area contributed by atoms with Crippen LogP contribution in [0.25, 0.3) is 0 Å². The lowest BCUT2D eigenvalue weighted by Gasteiger charge is -2.22. The highest BCUT2D eigenvalue weighted by molar-refractivity contribution is 8.00. The second kappa shape index (κ2) is 7.38. The highest BCUT2D eigenvalue weighted by atomic mass is 32.2. The van der Waals surface area contributed by atoms with Crippen molar-refractivity contribution in [2.45, 2.75) is 49.4 Å². The molecule has 2 atom stereocenters. The van der Waals surface area contributed by atoms with Crippen LogP contribution in [0.3, 0.4) is 0 Å². The van der Waals surface area contributed by atoms with Crippen LogP contribution < -0.4 is 5.32 Å². The summed E-state index contributed by atoms with van der Waals surface area (Å²) in [6.07, 6.45) is 1.49. The Morgan fingerprint density at radius 1 is 1.45 bits per heavy atom. The van der Waals surface area contributed by atoms with E-state index in [4.69, 9.17) is 4.74 Å². The molecule has 1 aliphatic rings. The Kier molecular flexibility index (Phi) is 5.75. The number of fused-ring (bicyclic) bond motifs is 1. The van der Waals surface area contributed by atoms with E-state index in [-0.39, 0.29) is 12.5 Å². The van der Waals surface area contributed by atoms with E-state index in [1.807, 2.05) is 32.5 Å². The Morgan fingerprint density at radius 2 is 2.18 bits per heavy atom. The lowest BCUT2D eigenvalue weighted by atomic mass is 10.00. The number of carbonyl (C=O) groups excluding carboxylic acids is 1. The van der Waals surface area contributed by atoms with Gasteiger partial charge in [-0.2, -0.15) is 0 Å². The summed E-state index contributed by atoms with van der Waals surface area (Å²) in [4.78, 5) is 13.0. The molecule has 0 aromatic heterocycles. The minimum absolute atomic E-state index is 0.0549. The van der Waals surface area contributed by atoms with Crippen molar-refractivity contribution in [3.63, 3.8) is 0 Å². The number of amides is 1. The van der Waals surface area contributed by atoms with Crippen LogP contribution in [-0.4, -0.2) is 35.2 Å². The number of alkyl carbamates (subject to hydrolysis) is 1. The number of ether oxygens (including phenoxy) is 1. The maximum atomic E-state index is 11.7. The number of rotatable bonds is 5. The number of aliphatic hydroxyl groups excluding tert-OH is 1. The zero-order valence-corrected chi connectivity index (χ0v) is 14.3. The summed E-state index contributed by atoms with van der Waals surface area (Å²) < 4.78 is 5.22. The summed E-state index contributed by atoms with van der Waals surface area (Å²) in [6, 6.07) is 8.43. The van der Waals surface area contributed by atoms with Gasteiger partial charge in [-0.1, -0.05) is 18.2 Å². The summed E-state index contributed by atoms with van der Waals surface area (Å²) in [5.41, 5.74) is 0.885. The molecule has 0 bridgehead atoms. The Bertz CT molecular complexity index is 488. The molecule has 1 heterocycles. The van der Waals surface area contributed by atoms with E-state index in [1.54, 1.807) is 0 Å². The van der Waals surface area contributed by atoms with Gasteiger partial charge in [0.1, 0.15) is 5.60 Å². The molecule has 0 radical (unpaired) electrons. The molecule has 5 heteroatoms. The van der Waals surface area contributed by atoms with Crippen LogP contribution in [0, 0.1) is 5.92 Å². The van der Waals surface area contributed by atoms with E-state index in [1.165, 1.54) is 10.5 Å². The van der Waals surface area contributed by atoms with Gasteiger partial charge in [-0.05, 0) is 45.2 Å². The molecule has 4 nitrogen and oxygen atoms in total. The predicted molar refractivity (Wildman–Crippen MR) is 89.2 cm³/mol. The molecule has 0 spiro atoms. The second-order valence-corrected chi connectivity index (χ2v) is 8.06. The van der Waals surface area contributed by atoms with E-state index in [0.29, 0.717) is 11.8 Å². The summed E-state index contributed by atoms with van der Waals surface area (Å²) in [5, 5.41) is 12.8. The van der Waals surface area contributed by atoms with E-state index >= 15 is 0 Å². The Labute approximate surface area is 136 Å². The highest BCUT2D eigenvalue weighted by Gasteiger charge is 2.25. The van der Waals surface area contributed by atoms with Gasteiger partial charge >= 0.3 is 6.09 Å². The zero-order valence-electron chi connectivity index (χ0n) is 13.5. The SMILES string of the molecule is CC(C)(C)OC(=O)NCC(CO)CC1Cc2ccccc2S1. The van der Waals surface area contributed by atoms with E-state index in [9.17, 15) is 9.90 Å². The zero-order chi connectivity index (χ0) is 16.2. The van der Waals surface area contributed by atoms with E-state index in [2.05, 4.69) is 29.6 Å². The van der Waals surface area contributed by atoms with Crippen molar-refractivity contribution in [3.8, 4) is 0 Å². The van der Waals surface area contributed by atoms with Crippen LogP contribution in [0.1, 0.15) is 32.8 Å². The van der Waals surface area contributed by atoms with Gasteiger partial charge in [0.15, 0.2) is 0 Å². The van der Waals surface area contributed by atoms with E-state index < -0.39 is 11.7 Å². The van der Waals surface area contributed by atoms with Crippen LogP contribution in [0.2, 0.25) is 0 Å². The number of thioether (sulfide) groups is 1. The van der Waals surface area contributed by atoms with Gasteiger partial charge in [-0.3, -0.25) is 0 Å². The summed E-state index contributed by atoms with van der Waals surface area (Å²) in [7, 11) is 0. The normalized spacial score (nSPS) is 18.6. The van der Waals surface area contributed by atoms with Gasteiger partial charge in [-0.25, -0.2) is 4.79 Å². The predicted octanol–water partition coefficient (Wildman–Crippen LogP) is 3.23. The van der Waals surface area contributed by atoms with Gasteiger partial charge in [0.2, 0.25) is 0 Å². The monoisotopic (exact) mass is 323 g/mol. The Balaban J connectivity index is 1.78. The third-order valence-electron chi connectivity index (χ3n) is 3.50.